The summed E-state index contributed by atoms with van der Waals surface area (Å²) in [6.07, 6.45) is 5.49. The van der Waals surface area contributed by atoms with E-state index in [1.165, 1.54) is 24.8 Å². The molecule has 0 aromatic heterocycles. The van der Waals surface area contributed by atoms with Crippen LogP contribution in [0.5, 0.6) is 0 Å². The highest BCUT2D eigenvalue weighted by Gasteiger charge is 2.27. The first-order valence-electron chi connectivity index (χ1n) is 10.8. The van der Waals surface area contributed by atoms with Gasteiger partial charge in [0.1, 0.15) is 0 Å². The molecule has 0 radical (unpaired) electrons. The highest BCUT2D eigenvalue weighted by atomic mass is 16.2. The minimum atomic E-state index is 0.0571. The molecule has 1 aliphatic carbocycles. The van der Waals surface area contributed by atoms with Gasteiger partial charge in [0.15, 0.2) is 0 Å². The van der Waals surface area contributed by atoms with Gasteiger partial charge in [0.25, 0.3) is 5.91 Å². The Bertz CT molecular complexity index is 854. The molecule has 0 bridgehead atoms. The molecule has 1 aliphatic rings. The van der Waals surface area contributed by atoms with Crippen LogP contribution in [-0.2, 0) is 6.42 Å². The summed E-state index contributed by atoms with van der Waals surface area (Å²) in [6.45, 7) is 10.2. The van der Waals surface area contributed by atoms with Gasteiger partial charge in [-0.15, -0.1) is 0 Å². The smallest absolute Gasteiger partial charge is 0.258 e. The SMILES string of the molecule is C=C(C)N(C(=O)c1cc(N(C)C2CCC2)ccc1C)C(CC)Cc1ccccc1. The Morgan fingerprint density at radius 3 is 2.41 bits per heavy atom. The summed E-state index contributed by atoms with van der Waals surface area (Å²) in [5, 5.41) is 0. The molecule has 0 N–H and O–H groups in total. The topological polar surface area (TPSA) is 23.6 Å². The van der Waals surface area contributed by atoms with E-state index in [0.717, 1.165) is 35.4 Å². The number of allylic oxidation sites excluding steroid dienone is 1. The zero-order chi connectivity index (χ0) is 21.0. The lowest BCUT2D eigenvalue weighted by Gasteiger charge is -2.37. The van der Waals surface area contributed by atoms with E-state index in [2.05, 4.69) is 67.9 Å². The molecular formula is C26H34N2O. The zero-order valence-corrected chi connectivity index (χ0v) is 18.3. The predicted molar refractivity (Wildman–Crippen MR) is 122 cm³/mol. The van der Waals surface area contributed by atoms with Crippen LogP contribution in [0.1, 0.15) is 61.0 Å². The van der Waals surface area contributed by atoms with Crippen LogP contribution in [0.4, 0.5) is 5.69 Å². The average Bonchev–Trinajstić information content (AvgIpc) is 2.66. The fourth-order valence-electron chi connectivity index (χ4n) is 4.13. The second kappa shape index (κ2) is 9.30. The number of nitrogens with zero attached hydrogens (tertiary/aromatic N) is 2. The fraction of sp³-hybridized carbons (Fsp3) is 0.423. The first-order chi connectivity index (χ1) is 13.9. The largest absolute Gasteiger partial charge is 0.372 e. The zero-order valence-electron chi connectivity index (χ0n) is 18.3. The first kappa shape index (κ1) is 21.2. The van der Waals surface area contributed by atoms with Gasteiger partial charge in [-0.1, -0.05) is 49.9 Å². The number of benzene rings is 2. The van der Waals surface area contributed by atoms with Crippen molar-refractivity contribution in [1.29, 1.82) is 0 Å². The van der Waals surface area contributed by atoms with E-state index in [-0.39, 0.29) is 11.9 Å². The number of hydrogen-bond acceptors (Lipinski definition) is 2. The second-order valence-corrected chi connectivity index (χ2v) is 8.36. The highest BCUT2D eigenvalue weighted by Crippen LogP contribution is 2.30. The Hall–Kier alpha value is -2.55. The van der Waals surface area contributed by atoms with Crippen LogP contribution >= 0.6 is 0 Å². The van der Waals surface area contributed by atoms with Crippen LogP contribution in [0, 0.1) is 6.92 Å². The molecule has 1 unspecified atom stereocenters. The van der Waals surface area contributed by atoms with Gasteiger partial charge in [-0.05, 0) is 69.2 Å². The third kappa shape index (κ3) is 4.72. The quantitative estimate of drug-likeness (QED) is 0.553. The maximum absolute atomic E-state index is 13.7. The summed E-state index contributed by atoms with van der Waals surface area (Å²) in [7, 11) is 2.14. The van der Waals surface area contributed by atoms with Gasteiger partial charge in [0.05, 0.1) is 0 Å². The predicted octanol–water partition coefficient (Wildman–Crippen LogP) is 5.98. The van der Waals surface area contributed by atoms with E-state index in [4.69, 9.17) is 0 Å². The van der Waals surface area contributed by atoms with Crippen molar-refractivity contribution in [1.82, 2.24) is 4.90 Å². The molecule has 0 saturated heterocycles. The Balaban J connectivity index is 1.89. The summed E-state index contributed by atoms with van der Waals surface area (Å²) in [4.78, 5) is 17.9. The molecule has 3 rings (SSSR count). The van der Waals surface area contributed by atoms with Crippen LogP contribution < -0.4 is 4.90 Å². The highest BCUT2D eigenvalue weighted by molar-refractivity contribution is 5.97. The molecule has 0 aliphatic heterocycles. The summed E-state index contributed by atoms with van der Waals surface area (Å²) < 4.78 is 0. The molecule has 0 spiro atoms. The van der Waals surface area contributed by atoms with Gasteiger partial charge in [-0.2, -0.15) is 0 Å². The van der Waals surface area contributed by atoms with E-state index in [0.29, 0.717) is 6.04 Å². The summed E-state index contributed by atoms with van der Waals surface area (Å²) in [5.41, 5.74) is 4.97. The lowest BCUT2D eigenvalue weighted by Crippen LogP contribution is -2.40. The maximum Gasteiger partial charge on any atom is 0.258 e. The Labute approximate surface area is 176 Å². The molecule has 154 valence electrons. The van der Waals surface area contributed by atoms with Crippen molar-refractivity contribution in [2.45, 2.75) is 65.0 Å². The molecule has 2 aromatic carbocycles. The van der Waals surface area contributed by atoms with Crippen LogP contribution in [0.15, 0.2) is 60.8 Å². The van der Waals surface area contributed by atoms with E-state index in [1.807, 2.05) is 24.8 Å². The monoisotopic (exact) mass is 390 g/mol. The minimum absolute atomic E-state index is 0.0571. The number of carbonyl (C=O) groups excluding carboxylic acids is 1. The molecule has 1 saturated carbocycles. The standard InChI is InChI=1S/C26H34N2O/c1-6-22(17-21-11-8-7-9-12-21)28(19(2)3)26(29)25-18-24(16-15-20(25)4)27(5)23-13-10-14-23/h7-9,11-12,15-16,18,22-23H,2,6,10,13-14,17H2,1,3-5H3. The molecule has 1 amide bonds. The van der Waals surface area contributed by atoms with Crippen molar-refractivity contribution in [3.63, 3.8) is 0 Å². The third-order valence-corrected chi connectivity index (χ3v) is 6.26. The number of rotatable bonds is 8. The van der Waals surface area contributed by atoms with Crippen molar-refractivity contribution in [3.8, 4) is 0 Å². The fourth-order valence-corrected chi connectivity index (χ4v) is 4.13. The van der Waals surface area contributed by atoms with E-state index >= 15 is 0 Å². The van der Waals surface area contributed by atoms with Gasteiger partial charge in [0.2, 0.25) is 0 Å². The van der Waals surface area contributed by atoms with Gasteiger partial charge in [-0.3, -0.25) is 4.79 Å². The van der Waals surface area contributed by atoms with Gasteiger partial charge < -0.3 is 9.80 Å². The van der Waals surface area contributed by atoms with Crippen molar-refractivity contribution in [3.05, 3.63) is 77.5 Å². The molecule has 0 heterocycles. The number of hydrogen-bond donors (Lipinski definition) is 0. The van der Waals surface area contributed by atoms with Crippen molar-refractivity contribution in [2.24, 2.45) is 0 Å². The molecule has 3 heteroatoms. The average molecular weight is 391 g/mol. The molecular weight excluding hydrogens is 356 g/mol. The summed E-state index contributed by atoms with van der Waals surface area (Å²) in [6, 6.07) is 17.4. The van der Waals surface area contributed by atoms with Crippen molar-refractivity contribution in [2.75, 3.05) is 11.9 Å². The molecule has 2 aromatic rings. The molecule has 29 heavy (non-hydrogen) atoms. The van der Waals surface area contributed by atoms with Gasteiger partial charge in [0, 0.05) is 36.1 Å². The van der Waals surface area contributed by atoms with Crippen LogP contribution in [0.3, 0.4) is 0 Å². The Morgan fingerprint density at radius 2 is 1.86 bits per heavy atom. The van der Waals surface area contributed by atoms with Crippen LogP contribution in [0.2, 0.25) is 0 Å². The second-order valence-electron chi connectivity index (χ2n) is 8.36. The van der Waals surface area contributed by atoms with E-state index in [1.54, 1.807) is 0 Å². The Morgan fingerprint density at radius 1 is 1.17 bits per heavy atom. The summed E-state index contributed by atoms with van der Waals surface area (Å²) >= 11 is 0. The number of amides is 1. The van der Waals surface area contributed by atoms with E-state index in [9.17, 15) is 4.79 Å². The molecule has 1 fully saturated rings. The van der Waals surface area contributed by atoms with Gasteiger partial charge in [-0.25, -0.2) is 0 Å². The Kier molecular flexibility index (Phi) is 6.79. The third-order valence-electron chi connectivity index (χ3n) is 6.26. The van der Waals surface area contributed by atoms with E-state index < -0.39 is 0 Å². The first-order valence-corrected chi connectivity index (χ1v) is 10.8. The van der Waals surface area contributed by atoms with Crippen molar-refractivity contribution >= 4 is 11.6 Å². The number of carbonyl (C=O) groups is 1. The minimum Gasteiger partial charge on any atom is -0.372 e. The van der Waals surface area contributed by atoms with Crippen molar-refractivity contribution < 1.29 is 4.79 Å². The molecule has 3 nitrogen and oxygen atoms in total. The maximum atomic E-state index is 13.7. The number of aryl methyl sites for hydroxylation is 1. The lowest BCUT2D eigenvalue weighted by atomic mass is 9.91. The van der Waals surface area contributed by atoms with Crippen LogP contribution in [0.25, 0.3) is 0 Å². The summed E-state index contributed by atoms with van der Waals surface area (Å²) in [5.74, 6) is 0.0571. The normalized spacial score (nSPS) is 14.8. The van der Waals surface area contributed by atoms with Crippen LogP contribution in [-0.4, -0.2) is 29.9 Å². The molecule has 1 atom stereocenters. The lowest BCUT2D eigenvalue weighted by molar-refractivity contribution is 0.0742. The van der Waals surface area contributed by atoms with Gasteiger partial charge >= 0.3 is 0 Å². The number of anilines is 1.